The fourth-order valence-corrected chi connectivity index (χ4v) is 6.69. The Hall–Kier alpha value is -4.46. The minimum absolute atomic E-state index is 0.0451. The SMILES string of the molecule is COc1cc(C(=O)Nc2cccc(-c3cccc(NC(=O)c4ccc(CN(C)CCO[Si](C)(C)C(C)(C)C)cn4)c3C)c2C)ncc1CN(C)CCO. The van der Waals surface area contributed by atoms with Crippen LogP contribution in [0, 0.1) is 13.8 Å². The van der Waals surface area contributed by atoms with Gasteiger partial charge >= 0.3 is 0 Å². The standard InChI is InChI=1S/C41H56N6O5Si/c1-28-32(33-14-12-16-35(29(33)2)45-40(50)37-23-38(51-8)31(25-43-37)27-46(6)19-21-48)13-11-15-34(28)44-39(49)36-18-17-30(24-42-36)26-47(7)20-22-52-53(9,10)41(3,4)5/h11-18,23-25,48H,19-22,26-27H2,1-10H3,(H,44,49)(H,45,50). The number of pyridine rings is 2. The number of nitrogens with zero attached hydrogens (tertiary/aromatic N) is 4. The molecule has 2 aromatic heterocycles. The van der Waals surface area contributed by atoms with Crippen LogP contribution < -0.4 is 15.4 Å². The molecule has 4 aromatic rings. The number of aliphatic hydroxyl groups excluding tert-OH is 1. The molecule has 0 unspecified atom stereocenters. The minimum Gasteiger partial charge on any atom is -0.496 e. The van der Waals surface area contributed by atoms with Crippen LogP contribution in [0.25, 0.3) is 11.1 Å². The third-order valence-corrected chi connectivity index (χ3v) is 14.6. The van der Waals surface area contributed by atoms with Gasteiger partial charge in [-0.05, 0) is 92.1 Å². The molecule has 0 radical (unpaired) electrons. The lowest BCUT2D eigenvalue weighted by molar-refractivity contribution is 0.101. The zero-order valence-corrected chi connectivity index (χ0v) is 34.0. The second-order valence-corrected chi connectivity index (χ2v) is 19.9. The van der Waals surface area contributed by atoms with Gasteiger partial charge in [0.25, 0.3) is 11.8 Å². The van der Waals surface area contributed by atoms with E-state index in [1.807, 2.05) is 68.3 Å². The topological polar surface area (TPSA) is 129 Å². The molecule has 0 atom stereocenters. The number of carbonyl (C=O) groups is 2. The first-order valence-corrected chi connectivity index (χ1v) is 20.9. The molecule has 0 aliphatic rings. The van der Waals surface area contributed by atoms with Crippen molar-refractivity contribution in [3.05, 3.63) is 101 Å². The Morgan fingerprint density at radius 3 is 1.91 bits per heavy atom. The molecule has 2 aromatic carbocycles. The maximum atomic E-state index is 13.3. The van der Waals surface area contributed by atoms with Gasteiger partial charge in [-0.15, -0.1) is 0 Å². The van der Waals surface area contributed by atoms with E-state index < -0.39 is 8.32 Å². The highest BCUT2D eigenvalue weighted by Gasteiger charge is 2.37. The average molecular weight is 741 g/mol. The molecule has 2 amide bonds. The highest BCUT2D eigenvalue weighted by atomic mass is 28.4. The number of hydrogen-bond acceptors (Lipinski definition) is 9. The Morgan fingerprint density at radius 1 is 0.811 bits per heavy atom. The highest BCUT2D eigenvalue weighted by Crippen LogP contribution is 2.37. The van der Waals surface area contributed by atoms with Crippen LogP contribution in [-0.4, -0.2) is 92.5 Å². The Balaban J connectivity index is 1.42. The zero-order valence-electron chi connectivity index (χ0n) is 33.0. The largest absolute Gasteiger partial charge is 0.496 e. The molecular weight excluding hydrogens is 685 g/mol. The number of aromatic nitrogens is 2. The molecule has 0 aliphatic heterocycles. The van der Waals surface area contributed by atoms with Gasteiger partial charge in [-0.2, -0.15) is 0 Å². The number of benzene rings is 2. The van der Waals surface area contributed by atoms with E-state index in [0.717, 1.165) is 39.9 Å². The third kappa shape index (κ3) is 10.8. The van der Waals surface area contributed by atoms with Gasteiger partial charge in [0.15, 0.2) is 8.32 Å². The molecule has 12 heteroatoms. The maximum Gasteiger partial charge on any atom is 0.274 e. The fraction of sp³-hybridized carbons (Fsp3) is 0.415. The van der Waals surface area contributed by atoms with E-state index in [0.29, 0.717) is 49.1 Å². The van der Waals surface area contributed by atoms with E-state index in [1.54, 1.807) is 31.6 Å². The number of methoxy groups -OCH3 is 1. The Morgan fingerprint density at radius 2 is 1.38 bits per heavy atom. The number of carbonyl (C=O) groups excluding carboxylic acids is 2. The predicted molar refractivity (Wildman–Crippen MR) is 215 cm³/mol. The second kappa shape index (κ2) is 18.0. The number of nitrogens with one attached hydrogen (secondary N) is 2. The number of likely N-dealkylation sites (N-methyl/N-ethyl adjacent to an activating group) is 2. The van der Waals surface area contributed by atoms with E-state index in [2.05, 4.69) is 66.4 Å². The first-order valence-electron chi connectivity index (χ1n) is 18.0. The van der Waals surface area contributed by atoms with Gasteiger partial charge in [0.1, 0.15) is 17.1 Å². The van der Waals surface area contributed by atoms with Crippen molar-refractivity contribution in [1.29, 1.82) is 0 Å². The molecule has 3 N–H and O–H groups in total. The molecule has 2 heterocycles. The van der Waals surface area contributed by atoms with Crippen LogP contribution in [0.3, 0.4) is 0 Å². The van der Waals surface area contributed by atoms with Gasteiger partial charge in [0, 0.05) is 68.2 Å². The quantitative estimate of drug-likeness (QED) is 0.103. The number of rotatable bonds is 16. The summed E-state index contributed by atoms with van der Waals surface area (Å²) in [5.41, 5.74) is 7.32. The summed E-state index contributed by atoms with van der Waals surface area (Å²) in [6.07, 6.45) is 3.38. The summed E-state index contributed by atoms with van der Waals surface area (Å²) in [5, 5.41) is 15.5. The summed E-state index contributed by atoms with van der Waals surface area (Å²) in [6.45, 7) is 18.5. The third-order valence-electron chi connectivity index (χ3n) is 10.0. The molecule has 0 saturated carbocycles. The Kier molecular flexibility index (Phi) is 14.1. The van der Waals surface area contributed by atoms with Crippen molar-refractivity contribution in [1.82, 2.24) is 19.8 Å². The lowest BCUT2D eigenvalue weighted by Gasteiger charge is -2.36. The summed E-state index contributed by atoms with van der Waals surface area (Å²) in [7, 11) is 3.72. The summed E-state index contributed by atoms with van der Waals surface area (Å²) >= 11 is 0. The summed E-state index contributed by atoms with van der Waals surface area (Å²) < 4.78 is 11.9. The number of amides is 2. The van der Waals surface area contributed by atoms with Gasteiger partial charge < -0.3 is 24.9 Å². The molecule has 0 aliphatic carbocycles. The predicted octanol–water partition coefficient (Wildman–Crippen LogP) is 7.15. The van der Waals surface area contributed by atoms with Crippen LogP contribution in [0.2, 0.25) is 18.1 Å². The van der Waals surface area contributed by atoms with E-state index >= 15 is 0 Å². The zero-order chi connectivity index (χ0) is 38.9. The van der Waals surface area contributed by atoms with Gasteiger partial charge in [-0.3, -0.25) is 29.4 Å². The maximum absolute atomic E-state index is 13.3. The molecule has 0 fully saturated rings. The van der Waals surface area contributed by atoms with Gasteiger partial charge in [-0.25, -0.2) is 0 Å². The molecule has 4 rings (SSSR count). The summed E-state index contributed by atoms with van der Waals surface area (Å²) in [5.74, 6) is -0.107. The average Bonchev–Trinajstić information content (AvgIpc) is 3.10. The molecule has 0 saturated heterocycles. The van der Waals surface area contributed by atoms with E-state index in [-0.39, 0.29) is 29.2 Å². The first kappa shape index (κ1) is 41.3. The highest BCUT2D eigenvalue weighted by molar-refractivity contribution is 6.74. The van der Waals surface area contributed by atoms with Crippen molar-refractivity contribution in [3.63, 3.8) is 0 Å². The number of aliphatic hydroxyl groups is 1. The van der Waals surface area contributed by atoms with E-state index in [1.165, 1.54) is 0 Å². The molecular formula is C41H56N6O5Si. The van der Waals surface area contributed by atoms with Gasteiger partial charge in [-0.1, -0.05) is 51.1 Å². The monoisotopic (exact) mass is 740 g/mol. The van der Waals surface area contributed by atoms with E-state index in [9.17, 15) is 14.7 Å². The molecule has 0 bridgehead atoms. The van der Waals surface area contributed by atoms with Crippen molar-refractivity contribution >= 4 is 31.5 Å². The van der Waals surface area contributed by atoms with Crippen LogP contribution in [0.1, 0.15) is 64.0 Å². The summed E-state index contributed by atoms with van der Waals surface area (Å²) in [6, 6.07) is 16.8. The normalized spacial score (nSPS) is 11.9. The lowest BCUT2D eigenvalue weighted by atomic mass is 9.94. The summed E-state index contributed by atoms with van der Waals surface area (Å²) in [4.78, 5) is 39.7. The number of anilines is 2. The molecule has 53 heavy (non-hydrogen) atoms. The minimum atomic E-state index is -1.79. The van der Waals surface area contributed by atoms with Crippen LogP contribution >= 0.6 is 0 Å². The fourth-order valence-electron chi connectivity index (χ4n) is 5.65. The van der Waals surface area contributed by atoms with Gasteiger partial charge in [0.2, 0.25) is 0 Å². The smallest absolute Gasteiger partial charge is 0.274 e. The second-order valence-electron chi connectivity index (χ2n) is 15.1. The van der Waals surface area contributed by atoms with Crippen molar-refractivity contribution in [2.24, 2.45) is 0 Å². The van der Waals surface area contributed by atoms with Crippen LogP contribution in [0.15, 0.2) is 67.0 Å². The van der Waals surface area contributed by atoms with Crippen LogP contribution in [0.4, 0.5) is 11.4 Å². The first-order chi connectivity index (χ1) is 25.0. The van der Waals surface area contributed by atoms with Gasteiger partial charge in [0.05, 0.1) is 13.7 Å². The van der Waals surface area contributed by atoms with Crippen LogP contribution in [-0.2, 0) is 17.5 Å². The van der Waals surface area contributed by atoms with E-state index in [4.69, 9.17) is 9.16 Å². The Labute approximate surface area is 315 Å². The number of hydrogen-bond donors (Lipinski definition) is 3. The molecule has 284 valence electrons. The molecule has 11 nitrogen and oxygen atoms in total. The number of ether oxygens (including phenoxy) is 1. The van der Waals surface area contributed by atoms with Crippen molar-refractivity contribution in [3.8, 4) is 16.9 Å². The van der Waals surface area contributed by atoms with Crippen LogP contribution in [0.5, 0.6) is 5.75 Å². The van der Waals surface area contributed by atoms with Crippen molar-refractivity contribution in [2.75, 3.05) is 58.1 Å². The Bertz CT molecular complexity index is 1880. The van der Waals surface area contributed by atoms with Crippen molar-refractivity contribution < 1.29 is 23.9 Å². The lowest BCUT2D eigenvalue weighted by Crippen LogP contribution is -2.42. The van der Waals surface area contributed by atoms with Crippen molar-refractivity contribution in [2.45, 2.75) is 65.8 Å². The molecule has 0 spiro atoms.